The van der Waals surface area contributed by atoms with Gasteiger partial charge in [-0.05, 0) is 55.3 Å². The lowest BCUT2D eigenvalue weighted by Crippen LogP contribution is -2.43. The molecule has 0 saturated heterocycles. The summed E-state index contributed by atoms with van der Waals surface area (Å²) in [6.45, 7) is 3.50. The van der Waals surface area contributed by atoms with Gasteiger partial charge in [-0.3, -0.25) is 10.2 Å². The monoisotopic (exact) mass is 352 g/mol. The van der Waals surface area contributed by atoms with E-state index in [1.807, 2.05) is 30.2 Å². The van der Waals surface area contributed by atoms with Crippen molar-refractivity contribution in [1.29, 1.82) is 0 Å². The molecule has 24 heavy (non-hydrogen) atoms. The zero-order valence-corrected chi connectivity index (χ0v) is 14.0. The van der Waals surface area contributed by atoms with Crippen molar-refractivity contribution in [2.24, 2.45) is 0 Å². The number of benzene rings is 2. The molecule has 0 aliphatic carbocycles. The van der Waals surface area contributed by atoms with E-state index >= 15 is 0 Å². The summed E-state index contributed by atoms with van der Waals surface area (Å²) >= 11 is 0. The van der Waals surface area contributed by atoms with E-state index in [9.17, 15) is 17.6 Å². The first-order chi connectivity index (χ1) is 11.3. The number of sulfonamides is 1. The van der Waals surface area contributed by atoms with Crippen LogP contribution in [-0.2, 0) is 14.8 Å². The van der Waals surface area contributed by atoms with Crippen LogP contribution >= 0.6 is 0 Å². The standard InChI is InChI=1S/C16H17FN2O4S/c1-11-6-7-14(8-12(11)2)23-10-16(20)18-19-24(21,22)15-5-3-4-13(17)9-15/h3-9,19H,10H2,1-2H3,(H,18,20). The van der Waals surface area contributed by atoms with E-state index in [4.69, 9.17) is 4.74 Å². The van der Waals surface area contributed by atoms with Gasteiger partial charge < -0.3 is 4.74 Å². The summed E-state index contributed by atoms with van der Waals surface area (Å²) in [7, 11) is -4.05. The Labute approximate surface area is 139 Å². The number of carbonyl (C=O) groups is 1. The van der Waals surface area contributed by atoms with Crippen molar-refractivity contribution < 1.29 is 22.3 Å². The highest BCUT2D eigenvalue weighted by Crippen LogP contribution is 2.16. The van der Waals surface area contributed by atoms with Crippen LogP contribution in [-0.4, -0.2) is 20.9 Å². The van der Waals surface area contributed by atoms with Gasteiger partial charge in [0.25, 0.3) is 15.9 Å². The average Bonchev–Trinajstić information content (AvgIpc) is 2.54. The van der Waals surface area contributed by atoms with Crippen LogP contribution in [0.5, 0.6) is 5.75 Å². The first kappa shape index (κ1) is 17.9. The Balaban J connectivity index is 1.89. The molecule has 2 aromatic rings. The number of hydrazine groups is 1. The molecule has 0 heterocycles. The molecule has 8 heteroatoms. The minimum absolute atomic E-state index is 0.294. The second-order valence-electron chi connectivity index (χ2n) is 5.15. The minimum Gasteiger partial charge on any atom is -0.484 e. The van der Waals surface area contributed by atoms with Crippen molar-refractivity contribution in [3.8, 4) is 5.75 Å². The van der Waals surface area contributed by atoms with Crippen LogP contribution in [0.15, 0.2) is 47.4 Å². The van der Waals surface area contributed by atoms with Gasteiger partial charge in [-0.1, -0.05) is 12.1 Å². The number of halogens is 1. The van der Waals surface area contributed by atoms with Crippen molar-refractivity contribution in [3.63, 3.8) is 0 Å². The van der Waals surface area contributed by atoms with Crippen molar-refractivity contribution in [1.82, 2.24) is 10.3 Å². The van der Waals surface area contributed by atoms with E-state index in [0.717, 1.165) is 23.3 Å². The summed E-state index contributed by atoms with van der Waals surface area (Å²) in [5.74, 6) is -0.878. The Morgan fingerprint density at radius 3 is 2.54 bits per heavy atom. The minimum atomic E-state index is -4.05. The molecule has 1 amide bonds. The van der Waals surface area contributed by atoms with Gasteiger partial charge in [0.15, 0.2) is 6.61 Å². The number of aryl methyl sites for hydroxylation is 2. The molecule has 6 nitrogen and oxygen atoms in total. The van der Waals surface area contributed by atoms with Crippen LogP contribution in [0.3, 0.4) is 0 Å². The molecular weight excluding hydrogens is 335 g/mol. The molecule has 0 fully saturated rings. The number of amides is 1. The molecule has 0 saturated carbocycles. The summed E-state index contributed by atoms with van der Waals surface area (Å²) in [4.78, 5) is 13.3. The molecule has 0 bridgehead atoms. The molecule has 2 aromatic carbocycles. The number of nitrogens with one attached hydrogen (secondary N) is 2. The topological polar surface area (TPSA) is 84.5 Å². The number of ether oxygens (including phenoxy) is 1. The summed E-state index contributed by atoms with van der Waals surface area (Å²) in [5.41, 5.74) is 4.12. The highest BCUT2D eigenvalue weighted by Gasteiger charge is 2.15. The molecule has 2 N–H and O–H groups in total. The molecule has 0 aromatic heterocycles. The van der Waals surface area contributed by atoms with Gasteiger partial charge in [-0.15, -0.1) is 4.83 Å². The van der Waals surface area contributed by atoms with Gasteiger partial charge in [-0.25, -0.2) is 12.8 Å². The van der Waals surface area contributed by atoms with Crippen LogP contribution in [0.1, 0.15) is 11.1 Å². The molecule has 2 rings (SSSR count). The molecule has 0 atom stereocenters. The fraction of sp³-hybridized carbons (Fsp3) is 0.188. The SMILES string of the molecule is Cc1ccc(OCC(=O)NNS(=O)(=O)c2cccc(F)c2)cc1C. The number of hydrogen-bond acceptors (Lipinski definition) is 4. The molecular formula is C16H17FN2O4S. The lowest BCUT2D eigenvalue weighted by atomic mass is 10.1. The quantitative estimate of drug-likeness (QED) is 0.777. The maximum Gasteiger partial charge on any atom is 0.272 e. The fourth-order valence-electron chi connectivity index (χ4n) is 1.81. The van der Waals surface area contributed by atoms with E-state index in [2.05, 4.69) is 0 Å². The smallest absolute Gasteiger partial charge is 0.272 e. The number of rotatable bonds is 6. The Kier molecular flexibility index (Phi) is 5.53. The highest BCUT2D eigenvalue weighted by atomic mass is 32.2. The summed E-state index contributed by atoms with van der Waals surface area (Å²) in [5, 5.41) is 0. The lowest BCUT2D eigenvalue weighted by molar-refractivity contribution is -0.123. The average molecular weight is 352 g/mol. The van der Waals surface area contributed by atoms with E-state index in [1.165, 1.54) is 12.1 Å². The lowest BCUT2D eigenvalue weighted by Gasteiger charge is -2.10. The van der Waals surface area contributed by atoms with Gasteiger partial charge in [-0.2, -0.15) is 0 Å². The predicted molar refractivity (Wildman–Crippen MR) is 86.3 cm³/mol. The van der Waals surface area contributed by atoms with Gasteiger partial charge in [0, 0.05) is 0 Å². The Morgan fingerprint density at radius 1 is 1.12 bits per heavy atom. The van der Waals surface area contributed by atoms with Gasteiger partial charge in [0.2, 0.25) is 0 Å². The molecule has 0 unspecified atom stereocenters. The van der Waals surface area contributed by atoms with Crippen LogP contribution in [0.25, 0.3) is 0 Å². The van der Waals surface area contributed by atoms with Crippen molar-refractivity contribution in [2.45, 2.75) is 18.7 Å². The Morgan fingerprint density at radius 2 is 1.88 bits per heavy atom. The van der Waals surface area contributed by atoms with E-state index in [0.29, 0.717) is 5.75 Å². The first-order valence-electron chi connectivity index (χ1n) is 7.04. The third-order valence-corrected chi connectivity index (χ3v) is 4.52. The Bertz CT molecular complexity index is 853. The van der Waals surface area contributed by atoms with Crippen molar-refractivity contribution in [3.05, 3.63) is 59.4 Å². The second kappa shape index (κ2) is 7.41. The van der Waals surface area contributed by atoms with Crippen molar-refractivity contribution in [2.75, 3.05) is 6.61 Å². The number of hydrogen-bond donors (Lipinski definition) is 2. The van der Waals surface area contributed by atoms with Crippen molar-refractivity contribution >= 4 is 15.9 Å². The largest absolute Gasteiger partial charge is 0.484 e. The summed E-state index contributed by atoms with van der Waals surface area (Å²) in [6.07, 6.45) is 0. The van der Waals surface area contributed by atoms with Gasteiger partial charge in [0.1, 0.15) is 11.6 Å². The molecule has 0 spiro atoms. The predicted octanol–water partition coefficient (Wildman–Crippen LogP) is 1.83. The van der Waals surface area contributed by atoms with E-state index in [1.54, 1.807) is 12.1 Å². The maximum atomic E-state index is 13.1. The van der Waals surface area contributed by atoms with Crippen LogP contribution in [0.2, 0.25) is 0 Å². The zero-order valence-electron chi connectivity index (χ0n) is 13.2. The first-order valence-corrected chi connectivity index (χ1v) is 8.52. The number of carbonyl (C=O) groups excluding carboxylic acids is 1. The summed E-state index contributed by atoms with van der Waals surface area (Å²) in [6, 6.07) is 9.79. The molecule has 0 radical (unpaired) electrons. The van der Waals surface area contributed by atoms with E-state index in [-0.39, 0.29) is 11.5 Å². The van der Waals surface area contributed by atoms with Gasteiger partial charge in [0.05, 0.1) is 4.90 Å². The molecule has 0 aliphatic rings. The van der Waals surface area contributed by atoms with Crippen LogP contribution in [0.4, 0.5) is 4.39 Å². The van der Waals surface area contributed by atoms with E-state index < -0.39 is 21.7 Å². The third-order valence-electron chi connectivity index (χ3n) is 3.28. The Hall–Kier alpha value is -2.45. The van der Waals surface area contributed by atoms with Gasteiger partial charge >= 0.3 is 0 Å². The fourth-order valence-corrected chi connectivity index (χ4v) is 2.70. The second-order valence-corrected chi connectivity index (χ2v) is 6.83. The van der Waals surface area contributed by atoms with Crippen LogP contribution in [0, 0.1) is 19.7 Å². The third kappa shape index (κ3) is 4.77. The molecule has 128 valence electrons. The molecule has 0 aliphatic heterocycles. The highest BCUT2D eigenvalue weighted by molar-refractivity contribution is 7.89. The maximum absolute atomic E-state index is 13.1. The zero-order chi connectivity index (χ0) is 17.7. The normalized spacial score (nSPS) is 11.1. The van der Waals surface area contributed by atoms with Crippen LogP contribution < -0.4 is 15.0 Å². The summed E-state index contributed by atoms with van der Waals surface area (Å²) < 4.78 is 42.2.